The molecular formula is C17H14FN3O4. The van der Waals surface area contributed by atoms with Crippen LogP contribution in [0.5, 0.6) is 5.75 Å². The average Bonchev–Trinajstić information content (AvgIpc) is 3.01. The Morgan fingerprint density at radius 3 is 2.72 bits per heavy atom. The van der Waals surface area contributed by atoms with E-state index in [2.05, 4.69) is 15.3 Å². The van der Waals surface area contributed by atoms with Crippen molar-refractivity contribution in [3.8, 4) is 5.75 Å². The fraction of sp³-hybridized carbons (Fsp3) is 0.118. The Morgan fingerprint density at radius 1 is 1.24 bits per heavy atom. The first-order valence-corrected chi connectivity index (χ1v) is 7.31. The number of halogens is 1. The van der Waals surface area contributed by atoms with Gasteiger partial charge in [0.15, 0.2) is 0 Å². The molecule has 25 heavy (non-hydrogen) atoms. The zero-order valence-corrected chi connectivity index (χ0v) is 13.2. The Kier molecular flexibility index (Phi) is 4.34. The smallest absolute Gasteiger partial charge is 0.335 e. The molecule has 0 unspecified atom stereocenters. The Hall–Kier alpha value is -3.42. The lowest BCUT2D eigenvalue weighted by Gasteiger charge is -2.07. The number of carboxylic acid groups (broad SMARTS) is 1. The van der Waals surface area contributed by atoms with Crippen LogP contribution in [0, 0.1) is 5.82 Å². The van der Waals surface area contributed by atoms with Gasteiger partial charge in [-0.1, -0.05) is 0 Å². The number of aromatic amines is 1. The van der Waals surface area contributed by atoms with E-state index in [1.165, 1.54) is 43.5 Å². The monoisotopic (exact) mass is 343 g/mol. The lowest BCUT2D eigenvalue weighted by molar-refractivity contribution is 0.0696. The largest absolute Gasteiger partial charge is 0.497 e. The molecule has 0 aliphatic carbocycles. The van der Waals surface area contributed by atoms with E-state index in [1.807, 2.05) is 0 Å². The highest BCUT2D eigenvalue weighted by Gasteiger charge is 2.13. The number of H-pyrrole nitrogens is 1. The summed E-state index contributed by atoms with van der Waals surface area (Å²) in [6, 6.07) is 8.18. The van der Waals surface area contributed by atoms with Crippen LogP contribution in [0.3, 0.4) is 0 Å². The molecule has 0 spiro atoms. The number of carbonyl (C=O) groups excluding carboxylic acids is 1. The number of rotatable bonds is 5. The van der Waals surface area contributed by atoms with E-state index in [0.717, 1.165) is 0 Å². The van der Waals surface area contributed by atoms with Gasteiger partial charge in [-0.3, -0.25) is 4.79 Å². The molecule has 7 nitrogen and oxygen atoms in total. The summed E-state index contributed by atoms with van der Waals surface area (Å²) in [4.78, 5) is 30.5. The van der Waals surface area contributed by atoms with Crippen LogP contribution in [-0.2, 0) is 6.54 Å². The third-order valence-electron chi connectivity index (χ3n) is 3.56. The van der Waals surface area contributed by atoms with E-state index in [9.17, 15) is 14.0 Å². The summed E-state index contributed by atoms with van der Waals surface area (Å²) in [6.45, 7) is 0.0781. The maximum absolute atomic E-state index is 13.2. The Morgan fingerprint density at radius 2 is 2.00 bits per heavy atom. The molecule has 0 fully saturated rings. The fourth-order valence-corrected chi connectivity index (χ4v) is 2.36. The standard InChI is InChI=1S/C17H14FN3O4/c1-25-12-5-9(4-10(6-12)17(23)24)16(22)19-8-15-20-13-3-2-11(18)7-14(13)21-15/h2-7H,8H2,1H3,(H,19,22)(H,20,21)(H,23,24). The minimum atomic E-state index is -1.16. The molecule has 0 aliphatic rings. The third kappa shape index (κ3) is 3.57. The second kappa shape index (κ2) is 6.60. The molecule has 0 bridgehead atoms. The van der Waals surface area contributed by atoms with Crippen LogP contribution in [0.4, 0.5) is 4.39 Å². The van der Waals surface area contributed by atoms with Crippen molar-refractivity contribution in [2.24, 2.45) is 0 Å². The second-order valence-electron chi connectivity index (χ2n) is 5.28. The van der Waals surface area contributed by atoms with Crippen molar-refractivity contribution in [2.45, 2.75) is 6.54 Å². The highest BCUT2D eigenvalue weighted by Crippen LogP contribution is 2.17. The first-order valence-electron chi connectivity index (χ1n) is 7.31. The number of carboxylic acids is 1. The lowest BCUT2D eigenvalue weighted by Crippen LogP contribution is -2.23. The van der Waals surface area contributed by atoms with Crippen LogP contribution in [0.2, 0.25) is 0 Å². The number of methoxy groups -OCH3 is 1. The van der Waals surface area contributed by atoms with Crippen molar-refractivity contribution < 1.29 is 23.8 Å². The Labute approximate surface area is 141 Å². The molecule has 0 saturated carbocycles. The fourth-order valence-electron chi connectivity index (χ4n) is 2.36. The number of carbonyl (C=O) groups is 2. The molecule has 1 aromatic heterocycles. The molecule has 1 heterocycles. The van der Waals surface area contributed by atoms with Crippen LogP contribution >= 0.6 is 0 Å². The van der Waals surface area contributed by atoms with Crippen molar-refractivity contribution in [2.75, 3.05) is 7.11 Å². The molecule has 128 valence electrons. The topological polar surface area (TPSA) is 104 Å². The number of imidazole rings is 1. The van der Waals surface area contributed by atoms with Crippen molar-refractivity contribution in [3.05, 3.63) is 59.2 Å². The molecule has 1 amide bonds. The van der Waals surface area contributed by atoms with Crippen LogP contribution < -0.4 is 10.1 Å². The van der Waals surface area contributed by atoms with Gasteiger partial charge in [0.1, 0.15) is 17.4 Å². The van der Waals surface area contributed by atoms with E-state index in [4.69, 9.17) is 9.84 Å². The van der Waals surface area contributed by atoms with Gasteiger partial charge in [0.2, 0.25) is 0 Å². The van der Waals surface area contributed by atoms with Gasteiger partial charge in [0, 0.05) is 5.56 Å². The molecule has 0 aliphatic heterocycles. The van der Waals surface area contributed by atoms with Gasteiger partial charge in [-0.25, -0.2) is 14.2 Å². The molecule has 3 rings (SSSR count). The molecule has 0 saturated heterocycles. The molecule has 0 atom stereocenters. The maximum atomic E-state index is 13.2. The van der Waals surface area contributed by atoms with Gasteiger partial charge in [-0.15, -0.1) is 0 Å². The number of aromatic carboxylic acids is 1. The predicted octanol–water partition coefficient (Wildman–Crippen LogP) is 2.34. The van der Waals surface area contributed by atoms with Crippen LogP contribution in [0.15, 0.2) is 36.4 Å². The minimum Gasteiger partial charge on any atom is -0.497 e. The van der Waals surface area contributed by atoms with Crippen LogP contribution in [0.25, 0.3) is 11.0 Å². The summed E-state index contributed by atoms with van der Waals surface area (Å²) < 4.78 is 18.2. The molecular weight excluding hydrogens is 329 g/mol. The van der Waals surface area contributed by atoms with Gasteiger partial charge in [0.25, 0.3) is 5.91 Å². The summed E-state index contributed by atoms with van der Waals surface area (Å²) in [6.07, 6.45) is 0. The van der Waals surface area contributed by atoms with Gasteiger partial charge in [0.05, 0.1) is 30.3 Å². The number of fused-ring (bicyclic) bond motifs is 1. The number of nitrogens with zero attached hydrogens (tertiary/aromatic N) is 1. The number of benzene rings is 2. The highest BCUT2D eigenvalue weighted by molar-refractivity contribution is 5.98. The lowest BCUT2D eigenvalue weighted by atomic mass is 10.1. The summed E-state index contributed by atoms with van der Waals surface area (Å²) in [5, 5.41) is 11.7. The molecule has 0 radical (unpaired) electrons. The summed E-state index contributed by atoms with van der Waals surface area (Å²) in [5.41, 5.74) is 1.21. The van der Waals surface area contributed by atoms with Gasteiger partial charge in [-0.2, -0.15) is 0 Å². The van der Waals surface area contributed by atoms with E-state index in [1.54, 1.807) is 0 Å². The zero-order valence-electron chi connectivity index (χ0n) is 13.2. The molecule has 3 aromatic rings. The van der Waals surface area contributed by atoms with Gasteiger partial charge >= 0.3 is 5.97 Å². The second-order valence-corrected chi connectivity index (χ2v) is 5.28. The zero-order chi connectivity index (χ0) is 18.0. The number of ether oxygens (including phenoxy) is 1. The number of amides is 1. The first-order chi connectivity index (χ1) is 12.0. The van der Waals surface area contributed by atoms with Crippen molar-refractivity contribution >= 4 is 22.9 Å². The predicted molar refractivity (Wildman–Crippen MR) is 87.2 cm³/mol. The van der Waals surface area contributed by atoms with Crippen molar-refractivity contribution in [3.63, 3.8) is 0 Å². The number of nitrogens with one attached hydrogen (secondary N) is 2. The minimum absolute atomic E-state index is 0.0521. The first kappa shape index (κ1) is 16.4. The van der Waals surface area contributed by atoms with E-state index in [0.29, 0.717) is 16.9 Å². The van der Waals surface area contributed by atoms with Crippen LogP contribution in [0.1, 0.15) is 26.5 Å². The van der Waals surface area contributed by atoms with E-state index < -0.39 is 11.9 Å². The summed E-state index contributed by atoms with van der Waals surface area (Å²) >= 11 is 0. The quantitative estimate of drug-likeness (QED) is 0.659. The molecule has 8 heteroatoms. The average molecular weight is 343 g/mol. The Balaban J connectivity index is 1.77. The summed E-state index contributed by atoms with van der Waals surface area (Å²) in [7, 11) is 1.39. The number of aromatic nitrogens is 2. The highest BCUT2D eigenvalue weighted by atomic mass is 19.1. The van der Waals surface area contributed by atoms with Crippen LogP contribution in [-0.4, -0.2) is 34.1 Å². The van der Waals surface area contributed by atoms with Gasteiger partial charge < -0.3 is 20.1 Å². The maximum Gasteiger partial charge on any atom is 0.335 e. The third-order valence-corrected chi connectivity index (χ3v) is 3.56. The molecule has 2 aromatic carbocycles. The number of hydrogen-bond donors (Lipinski definition) is 3. The van der Waals surface area contributed by atoms with Crippen molar-refractivity contribution in [1.29, 1.82) is 0 Å². The Bertz CT molecular complexity index is 968. The number of hydrogen-bond acceptors (Lipinski definition) is 4. The van der Waals surface area contributed by atoms with Gasteiger partial charge in [-0.05, 0) is 36.4 Å². The normalized spacial score (nSPS) is 10.6. The van der Waals surface area contributed by atoms with E-state index in [-0.39, 0.29) is 29.2 Å². The van der Waals surface area contributed by atoms with Crippen molar-refractivity contribution in [1.82, 2.24) is 15.3 Å². The SMILES string of the molecule is COc1cc(C(=O)O)cc(C(=O)NCc2nc3ccc(F)cc3[nH]2)c1. The summed E-state index contributed by atoms with van der Waals surface area (Å²) in [5.74, 6) is -1.30. The van der Waals surface area contributed by atoms with E-state index >= 15 is 0 Å². The molecule has 3 N–H and O–H groups in total.